The molecule has 0 radical (unpaired) electrons. The van der Waals surface area contributed by atoms with Gasteiger partial charge in [-0.05, 0) is 48.9 Å². The van der Waals surface area contributed by atoms with Gasteiger partial charge in [0.25, 0.3) is 5.88 Å². The van der Waals surface area contributed by atoms with Gasteiger partial charge in [0.15, 0.2) is 0 Å². The Balaban J connectivity index is 1.89. The molecule has 26 heavy (non-hydrogen) atoms. The van der Waals surface area contributed by atoms with Crippen molar-refractivity contribution in [2.75, 3.05) is 0 Å². The quantitative estimate of drug-likeness (QED) is 0.684. The summed E-state index contributed by atoms with van der Waals surface area (Å²) in [5.41, 5.74) is 1.33. The first-order chi connectivity index (χ1) is 12.4. The highest BCUT2D eigenvalue weighted by atomic mass is 35.5. The minimum atomic E-state index is -1.27. The van der Waals surface area contributed by atoms with Gasteiger partial charge >= 0.3 is 5.97 Å². The van der Waals surface area contributed by atoms with Gasteiger partial charge in [-0.15, -0.1) is 0 Å². The molecular weight excluding hydrogens is 361 g/mol. The van der Waals surface area contributed by atoms with Crippen LogP contribution in [0.1, 0.15) is 27.2 Å². The number of nitrogens with zero attached hydrogens (tertiary/aromatic N) is 2. The van der Waals surface area contributed by atoms with Crippen molar-refractivity contribution in [3.63, 3.8) is 0 Å². The number of benzene rings is 2. The lowest BCUT2D eigenvalue weighted by atomic mass is 10.1. The standard InChI is InChI=1S/C18H11ClFN3O3/c1-10-8-11(3-6-14(10)19)2-4-12-9-13(5-7-15(12)20)26-17-16(18(24)25)21-23-22-17/h3,5-9H,1H3,(H,24,25)(H,21,22,23). The van der Waals surface area contributed by atoms with Crippen molar-refractivity contribution in [2.24, 2.45) is 0 Å². The lowest BCUT2D eigenvalue weighted by Gasteiger charge is -2.04. The van der Waals surface area contributed by atoms with Crippen molar-refractivity contribution >= 4 is 17.6 Å². The van der Waals surface area contributed by atoms with Gasteiger partial charge in [0.05, 0.1) is 5.56 Å². The fourth-order valence-electron chi connectivity index (χ4n) is 2.07. The summed E-state index contributed by atoms with van der Waals surface area (Å²) in [6, 6.07) is 9.11. The van der Waals surface area contributed by atoms with Crippen molar-refractivity contribution in [3.05, 3.63) is 69.6 Å². The van der Waals surface area contributed by atoms with E-state index in [0.717, 1.165) is 5.56 Å². The number of hydrogen-bond acceptors (Lipinski definition) is 4. The number of aromatic carboxylic acids is 1. The number of aromatic nitrogens is 3. The third kappa shape index (κ3) is 3.82. The van der Waals surface area contributed by atoms with E-state index in [0.29, 0.717) is 10.6 Å². The number of aryl methyl sites for hydroxylation is 1. The number of carbonyl (C=O) groups is 1. The zero-order valence-electron chi connectivity index (χ0n) is 13.4. The first-order valence-corrected chi connectivity index (χ1v) is 7.72. The molecule has 0 aliphatic heterocycles. The Morgan fingerprint density at radius 2 is 2.08 bits per heavy atom. The van der Waals surface area contributed by atoms with Gasteiger partial charge in [0, 0.05) is 10.6 Å². The van der Waals surface area contributed by atoms with Crippen molar-refractivity contribution in [1.29, 1.82) is 0 Å². The smallest absolute Gasteiger partial charge is 0.359 e. The molecule has 0 saturated heterocycles. The van der Waals surface area contributed by atoms with E-state index < -0.39 is 11.8 Å². The van der Waals surface area contributed by atoms with Crippen molar-refractivity contribution < 1.29 is 19.0 Å². The van der Waals surface area contributed by atoms with Gasteiger partial charge < -0.3 is 9.84 Å². The van der Waals surface area contributed by atoms with Gasteiger partial charge in [-0.3, -0.25) is 0 Å². The lowest BCUT2D eigenvalue weighted by molar-refractivity contribution is 0.0687. The summed E-state index contributed by atoms with van der Waals surface area (Å²) in [6.45, 7) is 1.85. The zero-order valence-corrected chi connectivity index (χ0v) is 14.1. The van der Waals surface area contributed by atoms with Crippen LogP contribution in [0.15, 0.2) is 36.4 Å². The molecule has 3 rings (SSSR count). The summed E-state index contributed by atoms with van der Waals surface area (Å²) in [6.07, 6.45) is 0. The van der Waals surface area contributed by atoms with Gasteiger partial charge in [0.2, 0.25) is 5.69 Å². The van der Waals surface area contributed by atoms with Crippen molar-refractivity contribution in [1.82, 2.24) is 15.4 Å². The summed E-state index contributed by atoms with van der Waals surface area (Å²) >= 11 is 5.97. The van der Waals surface area contributed by atoms with E-state index in [-0.39, 0.29) is 22.9 Å². The monoisotopic (exact) mass is 371 g/mol. The second-order valence-corrected chi connectivity index (χ2v) is 5.66. The molecule has 2 aromatic carbocycles. The van der Waals surface area contributed by atoms with Gasteiger partial charge in [-0.25, -0.2) is 14.3 Å². The SMILES string of the molecule is Cc1cc(C#Cc2cc(Oc3nn[nH]c3C(=O)O)ccc2F)ccc1Cl. The van der Waals surface area contributed by atoms with Crippen LogP contribution in [0, 0.1) is 24.6 Å². The topological polar surface area (TPSA) is 88.1 Å². The molecule has 0 atom stereocenters. The van der Waals surface area contributed by atoms with Crippen LogP contribution in [-0.4, -0.2) is 26.5 Å². The normalized spacial score (nSPS) is 10.1. The Labute approximate surface area is 152 Å². The average Bonchev–Trinajstić information content (AvgIpc) is 3.06. The van der Waals surface area contributed by atoms with E-state index in [1.807, 2.05) is 6.92 Å². The number of aromatic amines is 1. The molecule has 3 aromatic rings. The van der Waals surface area contributed by atoms with Gasteiger partial charge in [-0.1, -0.05) is 33.8 Å². The number of hydrogen-bond donors (Lipinski definition) is 2. The van der Waals surface area contributed by atoms with Crippen LogP contribution in [0.3, 0.4) is 0 Å². The highest BCUT2D eigenvalue weighted by Gasteiger charge is 2.17. The Morgan fingerprint density at radius 3 is 2.81 bits per heavy atom. The summed E-state index contributed by atoms with van der Waals surface area (Å²) in [7, 11) is 0. The number of H-pyrrole nitrogens is 1. The highest BCUT2D eigenvalue weighted by molar-refractivity contribution is 6.31. The van der Waals surface area contributed by atoms with Crippen LogP contribution in [-0.2, 0) is 0 Å². The molecule has 0 aliphatic carbocycles. The Kier molecular flexibility index (Phi) is 4.87. The van der Waals surface area contributed by atoms with Crippen LogP contribution < -0.4 is 4.74 Å². The second kappa shape index (κ2) is 7.25. The molecule has 0 spiro atoms. The fourth-order valence-corrected chi connectivity index (χ4v) is 2.18. The first-order valence-electron chi connectivity index (χ1n) is 7.34. The van der Waals surface area contributed by atoms with Crippen LogP contribution in [0.4, 0.5) is 4.39 Å². The third-order valence-corrected chi connectivity index (χ3v) is 3.81. The maximum Gasteiger partial charge on any atom is 0.359 e. The molecule has 0 fully saturated rings. The molecular formula is C18H11ClFN3O3. The molecule has 0 unspecified atom stereocenters. The number of carboxylic acids is 1. The molecule has 0 bridgehead atoms. The van der Waals surface area contributed by atoms with Gasteiger partial charge in [0.1, 0.15) is 11.6 Å². The van der Waals surface area contributed by atoms with Crippen LogP contribution in [0.5, 0.6) is 11.6 Å². The number of nitrogens with one attached hydrogen (secondary N) is 1. The van der Waals surface area contributed by atoms with Crippen LogP contribution in [0.25, 0.3) is 0 Å². The van der Waals surface area contributed by atoms with Crippen LogP contribution in [0.2, 0.25) is 5.02 Å². The number of halogens is 2. The highest BCUT2D eigenvalue weighted by Crippen LogP contribution is 2.24. The number of rotatable bonds is 3. The van der Waals surface area contributed by atoms with E-state index in [1.54, 1.807) is 18.2 Å². The maximum atomic E-state index is 14.0. The van der Waals surface area contributed by atoms with E-state index in [9.17, 15) is 9.18 Å². The largest absolute Gasteiger partial charge is 0.476 e. The average molecular weight is 372 g/mol. The number of ether oxygens (including phenoxy) is 1. The molecule has 0 saturated carbocycles. The lowest BCUT2D eigenvalue weighted by Crippen LogP contribution is -2.00. The van der Waals surface area contributed by atoms with E-state index >= 15 is 0 Å². The zero-order chi connectivity index (χ0) is 18.7. The van der Waals surface area contributed by atoms with Crippen molar-refractivity contribution in [3.8, 4) is 23.5 Å². The second-order valence-electron chi connectivity index (χ2n) is 5.25. The van der Waals surface area contributed by atoms with Crippen LogP contribution >= 0.6 is 11.6 Å². The van der Waals surface area contributed by atoms with Crippen molar-refractivity contribution in [2.45, 2.75) is 6.92 Å². The third-order valence-electron chi connectivity index (χ3n) is 3.38. The predicted octanol–water partition coefficient (Wildman–Crippen LogP) is 3.80. The number of carboxylic acid groups (broad SMARTS) is 1. The summed E-state index contributed by atoms with van der Waals surface area (Å²) in [5.74, 6) is 3.73. The molecule has 0 amide bonds. The Hall–Kier alpha value is -3.37. The van der Waals surface area contributed by atoms with E-state index in [2.05, 4.69) is 27.3 Å². The summed E-state index contributed by atoms with van der Waals surface area (Å²) < 4.78 is 19.4. The maximum absolute atomic E-state index is 14.0. The molecule has 6 nitrogen and oxygen atoms in total. The molecule has 130 valence electrons. The molecule has 2 N–H and O–H groups in total. The Morgan fingerprint density at radius 1 is 1.27 bits per heavy atom. The molecule has 1 aromatic heterocycles. The summed E-state index contributed by atoms with van der Waals surface area (Å²) in [4.78, 5) is 11.0. The van der Waals surface area contributed by atoms with Gasteiger partial charge in [-0.2, -0.15) is 0 Å². The first kappa shape index (κ1) is 17.5. The molecule has 8 heteroatoms. The van der Waals surface area contributed by atoms with E-state index in [1.165, 1.54) is 18.2 Å². The molecule has 1 heterocycles. The predicted molar refractivity (Wildman–Crippen MR) is 92.0 cm³/mol. The van der Waals surface area contributed by atoms with E-state index in [4.69, 9.17) is 21.4 Å². The fraction of sp³-hybridized carbons (Fsp3) is 0.0556. The minimum Gasteiger partial charge on any atom is -0.476 e. The summed E-state index contributed by atoms with van der Waals surface area (Å²) in [5, 5.41) is 18.8. The molecule has 0 aliphatic rings. The minimum absolute atomic E-state index is 0.0930. The Bertz CT molecular complexity index is 1050.